The first-order chi connectivity index (χ1) is 22.3. The van der Waals surface area contributed by atoms with E-state index in [4.69, 9.17) is 23.2 Å². The summed E-state index contributed by atoms with van der Waals surface area (Å²) in [6, 6.07) is 25.3. The number of hydrogen-bond acceptors (Lipinski definition) is 4. The predicted octanol–water partition coefficient (Wildman–Crippen LogP) is 7.67. The summed E-state index contributed by atoms with van der Waals surface area (Å²) in [5, 5.41) is 3.70. The molecule has 4 aromatic rings. The molecule has 4 aromatic carbocycles. The molecule has 47 heavy (non-hydrogen) atoms. The molecule has 0 spiro atoms. The standard InChI is InChI=1S/C37H41Cl2N3O4S/c1-6-28(5)40-37(44)35(22-29-10-8-7-9-11-29)41(23-30-15-18-32(38)33(39)21-30)36(43)24-42(34-19-14-26(3)20-27(34)4)47(45,46)31-16-12-25(2)13-17-31/h7-21,28,35H,6,22-24H2,1-5H3,(H,40,44). The number of sulfonamides is 1. The number of carbonyl (C=O) groups is 2. The Hall–Kier alpha value is -3.85. The number of aryl methyl sites for hydroxylation is 3. The number of rotatable bonds is 13. The lowest BCUT2D eigenvalue weighted by Gasteiger charge is -2.34. The summed E-state index contributed by atoms with van der Waals surface area (Å²) < 4.78 is 29.7. The third-order valence-electron chi connectivity index (χ3n) is 8.12. The first-order valence-electron chi connectivity index (χ1n) is 15.5. The molecule has 4 rings (SSSR count). The van der Waals surface area contributed by atoms with Gasteiger partial charge < -0.3 is 10.2 Å². The molecule has 0 aliphatic carbocycles. The van der Waals surface area contributed by atoms with Crippen LogP contribution in [0.2, 0.25) is 10.0 Å². The molecular formula is C37H41Cl2N3O4S. The van der Waals surface area contributed by atoms with Gasteiger partial charge in [-0.3, -0.25) is 13.9 Å². The molecule has 0 saturated heterocycles. The Morgan fingerprint density at radius 2 is 1.47 bits per heavy atom. The Bertz CT molecular complexity index is 1820. The maximum atomic E-state index is 14.7. The molecule has 10 heteroatoms. The van der Waals surface area contributed by atoms with Gasteiger partial charge in [0.25, 0.3) is 10.0 Å². The Kier molecular flexibility index (Phi) is 12.1. The molecule has 0 aliphatic rings. The number of hydrogen-bond donors (Lipinski definition) is 1. The van der Waals surface area contributed by atoms with Crippen LogP contribution in [-0.4, -0.2) is 43.8 Å². The van der Waals surface area contributed by atoms with Gasteiger partial charge in [0.2, 0.25) is 11.8 Å². The van der Waals surface area contributed by atoms with Gasteiger partial charge in [0.15, 0.2) is 0 Å². The Morgan fingerprint density at radius 1 is 0.809 bits per heavy atom. The lowest BCUT2D eigenvalue weighted by molar-refractivity contribution is -0.140. The van der Waals surface area contributed by atoms with Crippen molar-refractivity contribution in [2.45, 2.75) is 71.0 Å². The van der Waals surface area contributed by atoms with Crippen molar-refractivity contribution in [1.29, 1.82) is 0 Å². The normalized spacial score (nSPS) is 12.7. The minimum atomic E-state index is -4.20. The van der Waals surface area contributed by atoms with Gasteiger partial charge in [0.1, 0.15) is 12.6 Å². The second-order valence-electron chi connectivity index (χ2n) is 11.9. The van der Waals surface area contributed by atoms with Crippen LogP contribution in [0.4, 0.5) is 5.69 Å². The van der Waals surface area contributed by atoms with Crippen LogP contribution in [0.25, 0.3) is 0 Å². The zero-order valence-corrected chi connectivity index (χ0v) is 29.7. The molecule has 0 aliphatic heterocycles. The van der Waals surface area contributed by atoms with Gasteiger partial charge in [-0.1, -0.05) is 102 Å². The highest BCUT2D eigenvalue weighted by molar-refractivity contribution is 7.92. The predicted molar refractivity (Wildman–Crippen MR) is 190 cm³/mol. The van der Waals surface area contributed by atoms with E-state index in [0.717, 1.165) is 21.0 Å². The summed E-state index contributed by atoms with van der Waals surface area (Å²) in [5.74, 6) is -0.886. The van der Waals surface area contributed by atoms with Crippen LogP contribution in [0.3, 0.4) is 0 Å². The van der Waals surface area contributed by atoms with E-state index < -0.39 is 28.5 Å². The number of anilines is 1. The van der Waals surface area contributed by atoms with E-state index in [1.165, 1.54) is 17.0 Å². The van der Waals surface area contributed by atoms with Gasteiger partial charge in [0.05, 0.1) is 20.6 Å². The Balaban J connectivity index is 1.85. The van der Waals surface area contributed by atoms with Crippen LogP contribution in [0, 0.1) is 20.8 Å². The molecule has 7 nitrogen and oxygen atoms in total. The quantitative estimate of drug-likeness (QED) is 0.156. The molecule has 0 radical (unpaired) electrons. The summed E-state index contributed by atoms with van der Waals surface area (Å²) >= 11 is 12.6. The monoisotopic (exact) mass is 693 g/mol. The van der Waals surface area contributed by atoms with Crippen molar-refractivity contribution in [1.82, 2.24) is 10.2 Å². The molecule has 2 amide bonds. The maximum Gasteiger partial charge on any atom is 0.264 e. The second kappa shape index (κ2) is 15.8. The highest BCUT2D eigenvalue weighted by Gasteiger charge is 2.35. The fourth-order valence-corrected chi connectivity index (χ4v) is 7.07. The smallest absolute Gasteiger partial charge is 0.264 e. The van der Waals surface area contributed by atoms with Crippen LogP contribution in [0.1, 0.15) is 48.1 Å². The number of nitrogens with zero attached hydrogens (tertiary/aromatic N) is 2. The fourth-order valence-electron chi connectivity index (χ4n) is 5.27. The average Bonchev–Trinajstić information content (AvgIpc) is 3.04. The molecule has 248 valence electrons. The highest BCUT2D eigenvalue weighted by atomic mass is 35.5. The van der Waals surface area contributed by atoms with Crippen molar-refractivity contribution in [3.63, 3.8) is 0 Å². The molecule has 1 N–H and O–H groups in total. The van der Waals surface area contributed by atoms with Gasteiger partial charge in [-0.2, -0.15) is 0 Å². The summed E-state index contributed by atoms with van der Waals surface area (Å²) in [7, 11) is -4.20. The highest BCUT2D eigenvalue weighted by Crippen LogP contribution is 2.29. The van der Waals surface area contributed by atoms with Gasteiger partial charge >= 0.3 is 0 Å². The molecule has 2 atom stereocenters. The minimum absolute atomic E-state index is 0.00749. The van der Waals surface area contributed by atoms with Crippen LogP contribution < -0.4 is 9.62 Å². The van der Waals surface area contributed by atoms with E-state index in [-0.39, 0.29) is 29.8 Å². The first kappa shape index (κ1) is 36.0. The lowest BCUT2D eigenvalue weighted by Crippen LogP contribution is -2.54. The van der Waals surface area contributed by atoms with Gasteiger partial charge in [0, 0.05) is 19.0 Å². The molecule has 0 aromatic heterocycles. The van der Waals surface area contributed by atoms with Crippen molar-refractivity contribution in [2.24, 2.45) is 0 Å². The lowest BCUT2D eigenvalue weighted by atomic mass is 10.0. The SMILES string of the molecule is CCC(C)NC(=O)C(Cc1ccccc1)N(Cc1ccc(Cl)c(Cl)c1)C(=O)CN(c1ccc(C)cc1C)S(=O)(=O)c1ccc(C)cc1. The maximum absolute atomic E-state index is 14.7. The molecule has 2 unspecified atom stereocenters. The van der Waals surface area contributed by atoms with E-state index in [9.17, 15) is 18.0 Å². The van der Waals surface area contributed by atoms with E-state index in [0.29, 0.717) is 33.3 Å². The van der Waals surface area contributed by atoms with Gasteiger partial charge in [-0.05, 0) is 81.1 Å². The number of amides is 2. The van der Waals surface area contributed by atoms with E-state index >= 15 is 0 Å². The van der Waals surface area contributed by atoms with E-state index in [2.05, 4.69) is 5.32 Å². The van der Waals surface area contributed by atoms with Gasteiger partial charge in [-0.25, -0.2) is 8.42 Å². The van der Waals surface area contributed by atoms with Crippen molar-refractivity contribution >= 4 is 50.7 Å². The molecule has 0 heterocycles. The number of halogens is 2. The Morgan fingerprint density at radius 3 is 2.09 bits per heavy atom. The summed E-state index contributed by atoms with van der Waals surface area (Å²) in [6.07, 6.45) is 0.907. The zero-order valence-electron chi connectivity index (χ0n) is 27.3. The summed E-state index contributed by atoms with van der Waals surface area (Å²) in [6.45, 7) is 8.93. The van der Waals surface area contributed by atoms with Crippen LogP contribution in [0.15, 0.2) is 95.9 Å². The van der Waals surface area contributed by atoms with Crippen LogP contribution in [0.5, 0.6) is 0 Å². The minimum Gasteiger partial charge on any atom is -0.352 e. The molecule has 0 bridgehead atoms. The second-order valence-corrected chi connectivity index (χ2v) is 14.6. The topological polar surface area (TPSA) is 86.8 Å². The molecule has 0 saturated carbocycles. The average molecular weight is 695 g/mol. The number of carbonyl (C=O) groups excluding carboxylic acids is 2. The van der Waals surface area contributed by atoms with E-state index in [1.54, 1.807) is 36.4 Å². The van der Waals surface area contributed by atoms with Crippen LogP contribution >= 0.6 is 23.2 Å². The van der Waals surface area contributed by atoms with Crippen LogP contribution in [-0.2, 0) is 32.6 Å². The van der Waals surface area contributed by atoms with Crippen molar-refractivity contribution in [3.05, 3.63) is 129 Å². The van der Waals surface area contributed by atoms with E-state index in [1.807, 2.05) is 77.1 Å². The third kappa shape index (κ3) is 9.15. The third-order valence-corrected chi connectivity index (χ3v) is 10.6. The van der Waals surface area contributed by atoms with Crippen molar-refractivity contribution in [3.8, 4) is 0 Å². The first-order valence-corrected chi connectivity index (χ1v) is 17.7. The zero-order chi connectivity index (χ0) is 34.3. The van der Waals surface area contributed by atoms with Crippen molar-refractivity contribution < 1.29 is 18.0 Å². The Labute approximate surface area is 288 Å². The largest absolute Gasteiger partial charge is 0.352 e. The molecular weight excluding hydrogens is 653 g/mol. The summed E-state index contributed by atoms with van der Waals surface area (Å²) in [5.41, 5.74) is 4.42. The molecule has 0 fully saturated rings. The van der Waals surface area contributed by atoms with Crippen molar-refractivity contribution in [2.75, 3.05) is 10.8 Å². The summed E-state index contributed by atoms with van der Waals surface area (Å²) in [4.78, 5) is 30.2. The van der Waals surface area contributed by atoms with Gasteiger partial charge in [-0.15, -0.1) is 0 Å². The number of nitrogens with one attached hydrogen (secondary N) is 1. The number of benzene rings is 4. The fraction of sp³-hybridized carbons (Fsp3) is 0.297.